The molecular weight excluding hydrogens is 254 g/mol. The minimum absolute atomic E-state index is 0.201. The summed E-state index contributed by atoms with van der Waals surface area (Å²) in [7, 11) is 3.79. The van der Waals surface area contributed by atoms with Crippen molar-refractivity contribution in [2.24, 2.45) is 5.92 Å². The molecule has 0 aliphatic rings. The van der Waals surface area contributed by atoms with Gasteiger partial charge < -0.3 is 15.3 Å². The fourth-order valence-corrected chi connectivity index (χ4v) is 2.08. The largest absolute Gasteiger partial charge is 0.391 e. The lowest BCUT2D eigenvalue weighted by Gasteiger charge is -2.20. The second-order valence-electron chi connectivity index (χ2n) is 5.15. The van der Waals surface area contributed by atoms with Crippen molar-refractivity contribution in [3.8, 4) is 0 Å². The molecule has 1 heterocycles. The third-order valence-electron chi connectivity index (χ3n) is 3.53. The van der Waals surface area contributed by atoms with Crippen molar-refractivity contribution in [1.29, 1.82) is 0 Å². The van der Waals surface area contributed by atoms with Gasteiger partial charge in [0.15, 0.2) is 0 Å². The number of carbonyl (C=O) groups excluding carboxylic acids is 1. The Balaban J connectivity index is 2.54. The number of anilines is 1. The highest BCUT2D eigenvalue weighted by Gasteiger charge is 2.16. The van der Waals surface area contributed by atoms with Crippen LogP contribution in [0, 0.1) is 5.92 Å². The molecule has 0 saturated heterocycles. The van der Waals surface area contributed by atoms with E-state index in [9.17, 15) is 9.90 Å². The molecule has 5 heteroatoms. The zero-order valence-electron chi connectivity index (χ0n) is 12.8. The molecule has 0 spiro atoms. The first kappa shape index (κ1) is 16.4. The van der Waals surface area contributed by atoms with Gasteiger partial charge in [0, 0.05) is 26.8 Å². The lowest BCUT2D eigenvalue weighted by molar-refractivity contribution is 0.0816. The van der Waals surface area contributed by atoms with Crippen LogP contribution in [0.25, 0.3) is 0 Å². The molecule has 0 bridgehead atoms. The van der Waals surface area contributed by atoms with Crippen molar-refractivity contribution < 1.29 is 9.90 Å². The molecule has 0 aliphatic heterocycles. The van der Waals surface area contributed by atoms with Crippen LogP contribution < -0.4 is 10.2 Å². The van der Waals surface area contributed by atoms with Crippen molar-refractivity contribution in [2.75, 3.05) is 25.5 Å². The number of amides is 1. The van der Waals surface area contributed by atoms with E-state index < -0.39 is 6.10 Å². The third-order valence-corrected chi connectivity index (χ3v) is 3.53. The van der Waals surface area contributed by atoms with Gasteiger partial charge in [0.25, 0.3) is 5.91 Å². The normalized spacial score (nSPS) is 12.3. The van der Waals surface area contributed by atoms with E-state index >= 15 is 0 Å². The van der Waals surface area contributed by atoms with E-state index in [4.69, 9.17) is 0 Å². The number of aromatic nitrogens is 1. The molecule has 1 atom stereocenters. The summed E-state index contributed by atoms with van der Waals surface area (Å²) < 4.78 is 0. The molecule has 0 radical (unpaired) electrons. The van der Waals surface area contributed by atoms with Crippen molar-refractivity contribution in [1.82, 2.24) is 10.3 Å². The Labute approximate surface area is 121 Å². The van der Waals surface area contributed by atoms with Crippen LogP contribution in [0.3, 0.4) is 0 Å². The average molecular weight is 279 g/mol. The topological polar surface area (TPSA) is 65.5 Å². The molecule has 5 nitrogen and oxygen atoms in total. The van der Waals surface area contributed by atoms with Gasteiger partial charge >= 0.3 is 0 Å². The molecule has 1 aromatic heterocycles. The van der Waals surface area contributed by atoms with E-state index in [0.717, 1.165) is 18.7 Å². The van der Waals surface area contributed by atoms with E-state index in [-0.39, 0.29) is 18.4 Å². The summed E-state index contributed by atoms with van der Waals surface area (Å²) in [6, 6.07) is 3.54. The lowest BCUT2D eigenvalue weighted by atomic mass is 9.96. The zero-order chi connectivity index (χ0) is 15.1. The Hall–Kier alpha value is -1.62. The smallest absolute Gasteiger partial charge is 0.252 e. The predicted octanol–water partition coefficient (Wildman–Crippen LogP) is 1.67. The number of nitrogens with one attached hydrogen (secondary N) is 1. The van der Waals surface area contributed by atoms with E-state index in [1.165, 1.54) is 0 Å². The zero-order valence-corrected chi connectivity index (χ0v) is 12.8. The van der Waals surface area contributed by atoms with Gasteiger partial charge in [-0.05, 0) is 18.1 Å². The van der Waals surface area contributed by atoms with Crippen LogP contribution in [0.15, 0.2) is 18.3 Å². The number of rotatable bonds is 7. The van der Waals surface area contributed by atoms with Gasteiger partial charge in [-0.15, -0.1) is 0 Å². The molecule has 1 amide bonds. The summed E-state index contributed by atoms with van der Waals surface area (Å²) in [6.45, 7) is 4.37. The Morgan fingerprint density at radius 1 is 1.35 bits per heavy atom. The van der Waals surface area contributed by atoms with Gasteiger partial charge in [-0.3, -0.25) is 4.79 Å². The van der Waals surface area contributed by atoms with Crippen LogP contribution in [0.1, 0.15) is 37.0 Å². The molecule has 0 aromatic carbocycles. The lowest BCUT2D eigenvalue weighted by Crippen LogP contribution is -2.36. The summed E-state index contributed by atoms with van der Waals surface area (Å²) in [6.07, 6.45) is 2.87. The summed E-state index contributed by atoms with van der Waals surface area (Å²) in [5.41, 5.74) is 0.507. The monoisotopic (exact) mass is 279 g/mol. The summed E-state index contributed by atoms with van der Waals surface area (Å²) in [5.74, 6) is 0.830. The quantitative estimate of drug-likeness (QED) is 0.797. The predicted molar refractivity (Wildman–Crippen MR) is 81.0 cm³/mol. The molecule has 0 fully saturated rings. The summed E-state index contributed by atoms with van der Waals surface area (Å²) in [5, 5.41) is 12.7. The summed E-state index contributed by atoms with van der Waals surface area (Å²) >= 11 is 0. The average Bonchev–Trinajstić information content (AvgIpc) is 2.46. The molecule has 2 N–H and O–H groups in total. The van der Waals surface area contributed by atoms with E-state index in [2.05, 4.69) is 10.3 Å². The fourth-order valence-electron chi connectivity index (χ4n) is 2.08. The van der Waals surface area contributed by atoms with Gasteiger partial charge in [0.1, 0.15) is 5.82 Å². The SMILES string of the molecule is CCC(CC)C(O)CNC(=O)c1ccc(N(C)C)nc1. The Kier molecular flexibility index (Phi) is 6.45. The maximum atomic E-state index is 12.0. The molecule has 0 saturated carbocycles. The highest BCUT2D eigenvalue weighted by Crippen LogP contribution is 2.12. The Morgan fingerprint density at radius 3 is 2.45 bits per heavy atom. The Morgan fingerprint density at radius 2 is 2.00 bits per heavy atom. The van der Waals surface area contributed by atoms with Crippen LogP contribution in [0.4, 0.5) is 5.82 Å². The number of aliphatic hydroxyl groups is 1. The highest BCUT2D eigenvalue weighted by atomic mass is 16.3. The highest BCUT2D eigenvalue weighted by molar-refractivity contribution is 5.94. The molecule has 1 rings (SSSR count). The number of hydrogen-bond acceptors (Lipinski definition) is 4. The van der Waals surface area contributed by atoms with Gasteiger partial charge in [0.2, 0.25) is 0 Å². The minimum atomic E-state index is -0.497. The Bertz CT molecular complexity index is 414. The van der Waals surface area contributed by atoms with E-state index in [1.54, 1.807) is 18.3 Å². The first-order chi connectivity index (χ1) is 9.49. The van der Waals surface area contributed by atoms with E-state index in [0.29, 0.717) is 5.56 Å². The van der Waals surface area contributed by atoms with Crippen LogP contribution in [0.5, 0.6) is 0 Å². The molecule has 112 valence electrons. The standard InChI is InChI=1S/C15H25N3O2/c1-5-11(6-2)13(19)10-17-15(20)12-7-8-14(16-9-12)18(3)4/h7-9,11,13,19H,5-6,10H2,1-4H3,(H,17,20). The third kappa shape index (κ3) is 4.49. The van der Waals surface area contributed by atoms with Gasteiger partial charge in [-0.2, -0.15) is 0 Å². The van der Waals surface area contributed by atoms with Gasteiger partial charge in [-0.1, -0.05) is 26.7 Å². The van der Waals surface area contributed by atoms with E-state index in [1.807, 2.05) is 32.8 Å². The maximum Gasteiger partial charge on any atom is 0.252 e. The molecular formula is C15H25N3O2. The maximum absolute atomic E-state index is 12.0. The first-order valence-corrected chi connectivity index (χ1v) is 7.09. The van der Waals surface area contributed by atoms with Crippen LogP contribution in [-0.2, 0) is 0 Å². The van der Waals surface area contributed by atoms with Crippen LogP contribution in [0.2, 0.25) is 0 Å². The van der Waals surface area contributed by atoms with Gasteiger partial charge in [0.05, 0.1) is 11.7 Å². The number of carbonyl (C=O) groups is 1. The number of nitrogens with zero attached hydrogens (tertiary/aromatic N) is 2. The second kappa shape index (κ2) is 7.85. The molecule has 20 heavy (non-hydrogen) atoms. The van der Waals surface area contributed by atoms with Crippen LogP contribution in [-0.4, -0.2) is 42.7 Å². The van der Waals surface area contributed by atoms with Crippen LogP contribution >= 0.6 is 0 Å². The molecule has 1 aromatic rings. The number of hydrogen-bond donors (Lipinski definition) is 2. The van der Waals surface area contributed by atoms with Crippen molar-refractivity contribution >= 4 is 11.7 Å². The molecule has 0 aliphatic carbocycles. The minimum Gasteiger partial charge on any atom is -0.391 e. The fraction of sp³-hybridized carbons (Fsp3) is 0.600. The molecule has 1 unspecified atom stereocenters. The van der Waals surface area contributed by atoms with Gasteiger partial charge in [-0.25, -0.2) is 4.98 Å². The van der Waals surface area contributed by atoms with Crippen molar-refractivity contribution in [3.05, 3.63) is 23.9 Å². The summed E-state index contributed by atoms with van der Waals surface area (Å²) in [4.78, 5) is 18.0. The second-order valence-corrected chi connectivity index (χ2v) is 5.15. The number of aliphatic hydroxyl groups excluding tert-OH is 1. The van der Waals surface area contributed by atoms with Crippen molar-refractivity contribution in [2.45, 2.75) is 32.8 Å². The number of pyridine rings is 1. The van der Waals surface area contributed by atoms with Crippen molar-refractivity contribution in [3.63, 3.8) is 0 Å². The first-order valence-electron chi connectivity index (χ1n) is 7.09.